The summed E-state index contributed by atoms with van der Waals surface area (Å²) in [7, 11) is 0. The van der Waals surface area contributed by atoms with Crippen LogP contribution >= 0.6 is 23.8 Å². The van der Waals surface area contributed by atoms with Crippen LogP contribution in [0.4, 0.5) is 4.39 Å². The highest BCUT2D eigenvalue weighted by molar-refractivity contribution is 7.80. The van der Waals surface area contributed by atoms with Crippen molar-refractivity contribution in [1.82, 2.24) is 5.32 Å². The summed E-state index contributed by atoms with van der Waals surface area (Å²) in [5.41, 5.74) is 5.52. The van der Waals surface area contributed by atoms with Crippen LogP contribution in [0.1, 0.15) is 23.7 Å². The molecule has 1 rings (SSSR count). The molecule has 0 saturated heterocycles. The average molecular weight is 275 g/mol. The number of rotatable bonds is 4. The third-order valence-corrected chi connectivity index (χ3v) is 2.92. The summed E-state index contributed by atoms with van der Waals surface area (Å²) in [4.78, 5) is 12.0. The Morgan fingerprint density at radius 2 is 2.29 bits per heavy atom. The molecule has 1 atom stereocenters. The number of halogens is 2. The number of nitrogens with one attached hydrogen (secondary N) is 1. The van der Waals surface area contributed by atoms with E-state index < -0.39 is 17.8 Å². The summed E-state index contributed by atoms with van der Waals surface area (Å²) in [5.74, 6) is -1.13. The highest BCUT2D eigenvalue weighted by Gasteiger charge is 2.17. The van der Waals surface area contributed by atoms with Gasteiger partial charge in [-0.2, -0.15) is 0 Å². The largest absolute Gasteiger partial charge is 0.392 e. The maximum absolute atomic E-state index is 13.2. The lowest BCUT2D eigenvalue weighted by atomic mass is 10.1. The molecule has 1 aromatic carbocycles. The molecule has 0 fully saturated rings. The number of carbonyl (C=O) groups excluding carboxylic acids is 1. The maximum Gasteiger partial charge on any atom is 0.253 e. The van der Waals surface area contributed by atoms with E-state index in [0.29, 0.717) is 6.42 Å². The van der Waals surface area contributed by atoms with E-state index in [2.05, 4.69) is 5.32 Å². The smallest absolute Gasteiger partial charge is 0.253 e. The van der Waals surface area contributed by atoms with Crippen molar-refractivity contribution in [2.45, 2.75) is 19.4 Å². The molecule has 6 heteroatoms. The first-order valence-electron chi connectivity index (χ1n) is 5.01. The van der Waals surface area contributed by atoms with Gasteiger partial charge in [-0.15, -0.1) is 0 Å². The van der Waals surface area contributed by atoms with Crippen LogP contribution in [0.2, 0.25) is 5.02 Å². The van der Waals surface area contributed by atoms with Crippen LogP contribution in [0, 0.1) is 5.82 Å². The van der Waals surface area contributed by atoms with Crippen LogP contribution < -0.4 is 11.1 Å². The third kappa shape index (κ3) is 3.38. The summed E-state index contributed by atoms with van der Waals surface area (Å²) in [6.07, 6.45) is 0.564. The Bertz CT molecular complexity index is 453. The van der Waals surface area contributed by atoms with Gasteiger partial charge in [-0.3, -0.25) is 4.79 Å². The Hall–Kier alpha value is -1.20. The molecule has 0 aliphatic carbocycles. The SMILES string of the molecule is CCC(NC(=O)c1cccc(F)c1Cl)C(N)=S. The monoisotopic (exact) mass is 274 g/mol. The molecule has 0 saturated carbocycles. The van der Waals surface area contributed by atoms with Crippen molar-refractivity contribution < 1.29 is 9.18 Å². The average Bonchev–Trinajstić information content (AvgIpc) is 2.28. The Kier molecular flexibility index (Phi) is 4.84. The van der Waals surface area contributed by atoms with Gasteiger partial charge in [-0.05, 0) is 18.6 Å². The van der Waals surface area contributed by atoms with Gasteiger partial charge in [-0.1, -0.05) is 36.8 Å². The van der Waals surface area contributed by atoms with Gasteiger partial charge in [0.2, 0.25) is 0 Å². The Labute approximate surface area is 109 Å². The molecule has 3 nitrogen and oxygen atoms in total. The van der Waals surface area contributed by atoms with Crippen molar-refractivity contribution in [3.63, 3.8) is 0 Å². The molecule has 92 valence electrons. The van der Waals surface area contributed by atoms with Crippen molar-refractivity contribution in [2.75, 3.05) is 0 Å². The summed E-state index contributed by atoms with van der Waals surface area (Å²) < 4.78 is 13.2. The van der Waals surface area contributed by atoms with Crippen LogP contribution in [-0.4, -0.2) is 16.9 Å². The van der Waals surface area contributed by atoms with Gasteiger partial charge in [0.25, 0.3) is 5.91 Å². The Morgan fingerprint density at radius 3 is 2.82 bits per heavy atom. The number of hydrogen-bond donors (Lipinski definition) is 2. The van der Waals surface area contributed by atoms with Crippen LogP contribution in [0.15, 0.2) is 18.2 Å². The molecular weight excluding hydrogens is 263 g/mol. The molecule has 0 aliphatic rings. The zero-order chi connectivity index (χ0) is 13.0. The molecule has 1 aromatic rings. The second kappa shape index (κ2) is 5.93. The zero-order valence-corrected chi connectivity index (χ0v) is 10.7. The summed E-state index contributed by atoms with van der Waals surface area (Å²) in [6.45, 7) is 1.83. The summed E-state index contributed by atoms with van der Waals surface area (Å²) in [6, 6.07) is 3.62. The van der Waals surface area contributed by atoms with Crippen molar-refractivity contribution in [1.29, 1.82) is 0 Å². The minimum absolute atomic E-state index is 0.0707. The molecule has 0 spiro atoms. The lowest BCUT2D eigenvalue weighted by Gasteiger charge is -2.15. The topological polar surface area (TPSA) is 55.1 Å². The fraction of sp³-hybridized carbons (Fsp3) is 0.273. The van der Waals surface area contributed by atoms with Gasteiger partial charge in [-0.25, -0.2) is 4.39 Å². The molecule has 1 unspecified atom stereocenters. The minimum Gasteiger partial charge on any atom is -0.392 e. The number of amides is 1. The fourth-order valence-electron chi connectivity index (χ4n) is 1.29. The Balaban J connectivity index is 2.90. The first-order valence-corrected chi connectivity index (χ1v) is 5.80. The molecule has 17 heavy (non-hydrogen) atoms. The van der Waals surface area contributed by atoms with E-state index in [1.54, 1.807) is 0 Å². The van der Waals surface area contributed by atoms with Gasteiger partial charge in [0.05, 0.1) is 21.6 Å². The first-order chi connectivity index (χ1) is 7.97. The highest BCUT2D eigenvalue weighted by Crippen LogP contribution is 2.19. The molecule has 0 heterocycles. The normalized spacial score (nSPS) is 11.9. The van der Waals surface area contributed by atoms with E-state index in [-0.39, 0.29) is 15.6 Å². The molecule has 3 N–H and O–H groups in total. The predicted octanol–water partition coefficient (Wildman–Crippen LogP) is 2.27. The van der Waals surface area contributed by atoms with Gasteiger partial charge >= 0.3 is 0 Å². The zero-order valence-electron chi connectivity index (χ0n) is 9.17. The van der Waals surface area contributed by atoms with E-state index in [0.717, 1.165) is 0 Å². The maximum atomic E-state index is 13.2. The van der Waals surface area contributed by atoms with Crippen molar-refractivity contribution in [2.24, 2.45) is 5.73 Å². The van der Waals surface area contributed by atoms with E-state index in [9.17, 15) is 9.18 Å². The fourth-order valence-corrected chi connectivity index (χ4v) is 1.73. The second-order valence-corrected chi connectivity index (χ2v) is 4.29. The summed E-state index contributed by atoms with van der Waals surface area (Å²) >= 11 is 10.5. The quantitative estimate of drug-likeness (QED) is 0.828. The number of thiocarbonyl (C=S) groups is 1. The predicted molar refractivity (Wildman–Crippen MR) is 69.7 cm³/mol. The van der Waals surface area contributed by atoms with Crippen molar-refractivity contribution in [3.8, 4) is 0 Å². The van der Waals surface area contributed by atoms with Gasteiger partial charge in [0.1, 0.15) is 5.82 Å². The molecule has 0 radical (unpaired) electrons. The van der Waals surface area contributed by atoms with E-state index in [1.165, 1.54) is 18.2 Å². The molecule has 1 amide bonds. The molecular formula is C11H12ClFN2OS. The number of nitrogens with two attached hydrogens (primary N) is 1. The minimum atomic E-state index is -0.636. The van der Waals surface area contributed by atoms with Gasteiger partial charge in [0, 0.05) is 0 Å². The standard InChI is InChI=1S/C11H12ClFN2OS/c1-2-8(10(14)17)15-11(16)6-4-3-5-7(13)9(6)12/h3-5,8H,2H2,1H3,(H2,14,17)(H,15,16). The molecule has 0 aliphatic heterocycles. The van der Waals surface area contributed by atoms with Crippen LogP contribution in [0.3, 0.4) is 0 Å². The first kappa shape index (κ1) is 13.9. The van der Waals surface area contributed by atoms with Crippen LogP contribution in [-0.2, 0) is 0 Å². The number of hydrogen-bond acceptors (Lipinski definition) is 2. The summed E-state index contributed by atoms with van der Waals surface area (Å²) in [5, 5.41) is 2.39. The van der Waals surface area contributed by atoms with Crippen LogP contribution in [0.5, 0.6) is 0 Å². The second-order valence-electron chi connectivity index (χ2n) is 3.44. The van der Waals surface area contributed by atoms with E-state index >= 15 is 0 Å². The van der Waals surface area contributed by atoms with Crippen molar-refractivity contribution >= 4 is 34.7 Å². The molecule has 0 aromatic heterocycles. The van der Waals surface area contributed by atoms with E-state index in [4.69, 9.17) is 29.6 Å². The van der Waals surface area contributed by atoms with Gasteiger partial charge < -0.3 is 11.1 Å². The lowest BCUT2D eigenvalue weighted by molar-refractivity contribution is 0.0946. The molecule has 0 bridgehead atoms. The van der Waals surface area contributed by atoms with E-state index in [1.807, 2.05) is 6.92 Å². The number of carbonyl (C=O) groups is 1. The highest BCUT2D eigenvalue weighted by atomic mass is 35.5. The third-order valence-electron chi connectivity index (χ3n) is 2.25. The lowest BCUT2D eigenvalue weighted by Crippen LogP contribution is -2.43. The van der Waals surface area contributed by atoms with Crippen molar-refractivity contribution in [3.05, 3.63) is 34.6 Å². The Morgan fingerprint density at radius 1 is 1.65 bits per heavy atom. The van der Waals surface area contributed by atoms with Crippen LogP contribution in [0.25, 0.3) is 0 Å². The number of benzene rings is 1. The van der Waals surface area contributed by atoms with Gasteiger partial charge in [0.15, 0.2) is 0 Å².